The number of rotatable bonds is 3. The molecule has 0 saturated heterocycles. The Kier molecular flexibility index (Phi) is 3.62. The molecule has 106 valence electrons. The van der Waals surface area contributed by atoms with Crippen LogP contribution in [0.2, 0.25) is 0 Å². The molecule has 3 rings (SSSR count). The standard InChI is InChI=1S/C17H21NO2/c1-20-16-9-8-15(13-6-2-3-7-14(13)16)17(18-12-19)10-4-5-11-17/h8-9H,2-7,10-11H2,1H3. The first-order chi connectivity index (χ1) is 9.80. The highest BCUT2D eigenvalue weighted by atomic mass is 16.5. The van der Waals surface area contributed by atoms with E-state index in [1.807, 2.05) is 6.08 Å². The fourth-order valence-corrected chi connectivity index (χ4v) is 3.95. The highest BCUT2D eigenvalue weighted by Gasteiger charge is 2.38. The van der Waals surface area contributed by atoms with Crippen molar-refractivity contribution < 1.29 is 9.53 Å². The van der Waals surface area contributed by atoms with Crippen LogP contribution in [0.15, 0.2) is 17.1 Å². The van der Waals surface area contributed by atoms with Gasteiger partial charge in [-0.3, -0.25) is 0 Å². The van der Waals surface area contributed by atoms with E-state index in [0.717, 1.165) is 44.3 Å². The maximum Gasteiger partial charge on any atom is 0.235 e. The van der Waals surface area contributed by atoms with Gasteiger partial charge >= 0.3 is 0 Å². The smallest absolute Gasteiger partial charge is 0.235 e. The molecule has 1 saturated carbocycles. The second-order valence-corrected chi connectivity index (χ2v) is 5.92. The molecule has 1 fully saturated rings. The van der Waals surface area contributed by atoms with Crippen molar-refractivity contribution >= 4 is 6.08 Å². The summed E-state index contributed by atoms with van der Waals surface area (Å²) in [7, 11) is 1.73. The van der Waals surface area contributed by atoms with E-state index in [1.54, 1.807) is 7.11 Å². The van der Waals surface area contributed by atoms with Gasteiger partial charge in [0, 0.05) is 0 Å². The molecule has 0 heterocycles. The SMILES string of the molecule is COc1ccc(C2(N=C=O)CCCC2)c2c1CCCC2. The van der Waals surface area contributed by atoms with Crippen LogP contribution >= 0.6 is 0 Å². The van der Waals surface area contributed by atoms with Gasteiger partial charge in [-0.2, -0.15) is 4.99 Å². The highest BCUT2D eigenvalue weighted by Crippen LogP contribution is 2.46. The lowest BCUT2D eigenvalue weighted by molar-refractivity contribution is 0.401. The van der Waals surface area contributed by atoms with Crippen molar-refractivity contribution in [1.82, 2.24) is 0 Å². The zero-order chi connectivity index (χ0) is 14.0. The molecule has 0 spiro atoms. The van der Waals surface area contributed by atoms with Gasteiger partial charge in [0.05, 0.1) is 12.6 Å². The van der Waals surface area contributed by atoms with Gasteiger partial charge in [-0.25, -0.2) is 4.79 Å². The molecule has 0 amide bonds. The van der Waals surface area contributed by atoms with Crippen molar-refractivity contribution in [3.63, 3.8) is 0 Å². The second-order valence-electron chi connectivity index (χ2n) is 5.92. The van der Waals surface area contributed by atoms with Gasteiger partial charge < -0.3 is 4.74 Å². The Labute approximate surface area is 120 Å². The lowest BCUT2D eigenvalue weighted by Gasteiger charge is -2.30. The molecule has 1 aromatic carbocycles. The molecular formula is C17H21NO2. The molecule has 2 aliphatic rings. The van der Waals surface area contributed by atoms with Gasteiger partial charge in [0.25, 0.3) is 0 Å². The number of hydrogen-bond donors (Lipinski definition) is 0. The fourth-order valence-electron chi connectivity index (χ4n) is 3.95. The first-order valence-corrected chi connectivity index (χ1v) is 7.59. The molecule has 0 bridgehead atoms. The predicted molar refractivity (Wildman–Crippen MR) is 77.9 cm³/mol. The van der Waals surface area contributed by atoms with Crippen LogP contribution in [0.25, 0.3) is 0 Å². The van der Waals surface area contributed by atoms with Crippen molar-refractivity contribution in [2.45, 2.75) is 56.9 Å². The van der Waals surface area contributed by atoms with E-state index in [4.69, 9.17) is 4.74 Å². The van der Waals surface area contributed by atoms with Crippen LogP contribution < -0.4 is 4.74 Å². The van der Waals surface area contributed by atoms with Crippen LogP contribution in [0.3, 0.4) is 0 Å². The van der Waals surface area contributed by atoms with E-state index in [2.05, 4.69) is 17.1 Å². The van der Waals surface area contributed by atoms with E-state index in [1.165, 1.54) is 29.5 Å². The van der Waals surface area contributed by atoms with E-state index in [9.17, 15) is 4.79 Å². The number of isocyanates is 1. The third-order valence-corrected chi connectivity index (χ3v) is 4.90. The van der Waals surface area contributed by atoms with Crippen LogP contribution in [-0.4, -0.2) is 13.2 Å². The Hall–Kier alpha value is -1.60. The van der Waals surface area contributed by atoms with Gasteiger partial charge in [0.2, 0.25) is 6.08 Å². The molecule has 0 unspecified atom stereocenters. The van der Waals surface area contributed by atoms with Crippen LogP contribution in [0.5, 0.6) is 5.75 Å². The molecule has 0 aliphatic heterocycles. The fraction of sp³-hybridized carbons (Fsp3) is 0.588. The van der Waals surface area contributed by atoms with Gasteiger partial charge in [0.1, 0.15) is 5.75 Å². The summed E-state index contributed by atoms with van der Waals surface area (Å²) in [6.45, 7) is 0. The Bertz CT molecular complexity index is 552. The van der Waals surface area contributed by atoms with E-state index in [0.29, 0.717) is 0 Å². The van der Waals surface area contributed by atoms with Gasteiger partial charge in [-0.1, -0.05) is 18.9 Å². The van der Waals surface area contributed by atoms with Crippen molar-refractivity contribution in [2.75, 3.05) is 7.11 Å². The van der Waals surface area contributed by atoms with Crippen LogP contribution in [0.1, 0.15) is 55.2 Å². The Balaban J connectivity index is 2.16. The zero-order valence-corrected chi connectivity index (χ0v) is 12.1. The molecule has 0 N–H and O–H groups in total. The minimum Gasteiger partial charge on any atom is -0.496 e. The molecule has 3 nitrogen and oxygen atoms in total. The Morgan fingerprint density at radius 2 is 1.80 bits per heavy atom. The summed E-state index contributed by atoms with van der Waals surface area (Å²) in [5, 5.41) is 0. The lowest BCUT2D eigenvalue weighted by atomic mass is 9.79. The molecule has 1 aromatic rings. The first-order valence-electron chi connectivity index (χ1n) is 7.59. The summed E-state index contributed by atoms with van der Waals surface area (Å²) in [5.41, 5.74) is 3.67. The maximum atomic E-state index is 10.9. The van der Waals surface area contributed by atoms with Crippen molar-refractivity contribution in [1.29, 1.82) is 0 Å². The van der Waals surface area contributed by atoms with Gasteiger partial charge in [-0.15, -0.1) is 0 Å². The number of hydrogen-bond acceptors (Lipinski definition) is 3. The number of nitrogens with zero attached hydrogens (tertiary/aromatic N) is 1. The lowest BCUT2D eigenvalue weighted by Crippen LogP contribution is -2.23. The zero-order valence-electron chi connectivity index (χ0n) is 12.1. The van der Waals surface area contributed by atoms with E-state index >= 15 is 0 Å². The number of aliphatic imine (C=N–C) groups is 1. The molecule has 0 radical (unpaired) electrons. The highest BCUT2D eigenvalue weighted by molar-refractivity contribution is 5.51. The molecule has 0 aromatic heterocycles. The predicted octanol–water partition coefficient (Wildman–Crippen LogP) is 3.68. The van der Waals surface area contributed by atoms with Crippen LogP contribution in [0, 0.1) is 0 Å². The third-order valence-electron chi connectivity index (χ3n) is 4.90. The molecule has 20 heavy (non-hydrogen) atoms. The normalized spacial score (nSPS) is 20.1. The van der Waals surface area contributed by atoms with Crippen LogP contribution in [0.4, 0.5) is 0 Å². The van der Waals surface area contributed by atoms with Gasteiger partial charge in [0.15, 0.2) is 0 Å². The minimum absolute atomic E-state index is 0.310. The summed E-state index contributed by atoms with van der Waals surface area (Å²) < 4.78 is 5.52. The van der Waals surface area contributed by atoms with E-state index < -0.39 is 0 Å². The summed E-state index contributed by atoms with van der Waals surface area (Å²) in [5.74, 6) is 0.992. The first kappa shape index (κ1) is 13.4. The molecule has 2 aliphatic carbocycles. The summed E-state index contributed by atoms with van der Waals surface area (Å²) in [6, 6.07) is 4.19. The Morgan fingerprint density at radius 3 is 2.45 bits per heavy atom. The van der Waals surface area contributed by atoms with E-state index in [-0.39, 0.29) is 5.54 Å². The molecular weight excluding hydrogens is 250 g/mol. The monoisotopic (exact) mass is 271 g/mol. The minimum atomic E-state index is -0.310. The molecule has 0 atom stereocenters. The quantitative estimate of drug-likeness (QED) is 0.621. The summed E-state index contributed by atoms with van der Waals surface area (Å²) in [4.78, 5) is 15.2. The number of ether oxygens (including phenoxy) is 1. The summed E-state index contributed by atoms with van der Waals surface area (Å²) in [6.07, 6.45) is 10.7. The number of benzene rings is 1. The average Bonchev–Trinajstić information content (AvgIpc) is 2.96. The van der Waals surface area contributed by atoms with Gasteiger partial charge in [-0.05, 0) is 61.3 Å². The number of methoxy groups -OCH3 is 1. The average molecular weight is 271 g/mol. The Morgan fingerprint density at radius 1 is 1.10 bits per heavy atom. The van der Waals surface area contributed by atoms with Crippen molar-refractivity contribution in [2.24, 2.45) is 4.99 Å². The number of carbonyl (C=O) groups excluding carboxylic acids is 1. The number of fused-ring (bicyclic) bond motifs is 1. The van der Waals surface area contributed by atoms with Crippen molar-refractivity contribution in [3.8, 4) is 5.75 Å². The largest absolute Gasteiger partial charge is 0.496 e. The molecule has 3 heteroatoms. The second kappa shape index (κ2) is 5.41. The topological polar surface area (TPSA) is 38.7 Å². The summed E-state index contributed by atoms with van der Waals surface area (Å²) >= 11 is 0. The van der Waals surface area contributed by atoms with Crippen LogP contribution in [-0.2, 0) is 23.2 Å². The maximum absolute atomic E-state index is 10.9. The third kappa shape index (κ3) is 2.06. The van der Waals surface area contributed by atoms with Crippen molar-refractivity contribution in [3.05, 3.63) is 28.8 Å².